The van der Waals surface area contributed by atoms with Crippen molar-refractivity contribution in [1.82, 2.24) is 4.90 Å². The van der Waals surface area contributed by atoms with Gasteiger partial charge in [-0.25, -0.2) is 0 Å². The van der Waals surface area contributed by atoms with Gasteiger partial charge >= 0.3 is 0 Å². The third kappa shape index (κ3) is 3.43. The predicted molar refractivity (Wildman–Crippen MR) is 84.4 cm³/mol. The van der Waals surface area contributed by atoms with Gasteiger partial charge in [-0.2, -0.15) is 11.8 Å². The van der Waals surface area contributed by atoms with Crippen LogP contribution in [0.4, 0.5) is 11.4 Å². The molecule has 2 atom stereocenters. The molecule has 1 aromatic carbocycles. The number of nitrogens with zero attached hydrogens (tertiary/aromatic N) is 2. The predicted octanol–water partition coefficient (Wildman–Crippen LogP) is 2.96. The van der Waals surface area contributed by atoms with Crippen LogP contribution in [0.3, 0.4) is 0 Å². The number of nitro benzene ring substituents is 1. The summed E-state index contributed by atoms with van der Waals surface area (Å²) in [6.07, 6.45) is 0. The van der Waals surface area contributed by atoms with E-state index in [1.54, 1.807) is 19.2 Å². The Balaban J connectivity index is 2.20. The topological polar surface area (TPSA) is 58.4 Å². The van der Waals surface area contributed by atoms with Crippen molar-refractivity contribution in [2.45, 2.75) is 30.9 Å². The molecule has 2 rings (SSSR count). The minimum Gasteiger partial charge on any atom is -0.382 e. The number of anilines is 1. The maximum Gasteiger partial charge on any atom is 0.292 e. The Labute approximate surface area is 123 Å². The summed E-state index contributed by atoms with van der Waals surface area (Å²) in [6, 6.07) is 5.28. The first-order valence-electron chi connectivity index (χ1n) is 6.83. The Hall–Kier alpha value is -1.27. The molecule has 1 N–H and O–H groups in total. The molecule has 1 aliphatic rings. The van der Waals surface area contributed by atoms with Crippen LogP contribution in [0.15, 0.2) is 18.2 Å². The molecule has 1 aliphatic heterocycles. The van der Waals surface area contributed by atoms with Crippen molar-refractivity contribution in [3.8, 4) is 0 Å². The van der Waals surface area contributed by atoms with E-state index in [0.717, 1.165) is 25.2 Å². The van der Waals surface area contributed by atoms with Crippen molar-refractivity contribution >= 4 is 23.1 Å². The van der Waals surface area contributed by atoms with E-state index in [-0.39, 0.29) is 10.6 Å². The second-order valence-electron chi connectivity index (χ2n) is 5.27. The third-order valence-electron chi connectivity index (χ3n) is 3.46. The fourth-order valence-corrected chi connectivity index (χ4v) is 4.20. The molecule has 20 heavy (non-hydrogen) atoms. The molecule has 1 fully saturated rings. The second-order valence-corrected chi connectivity index (χ2v) is 7.15. The second kappa shape index (κ2) is 6.45. The molecule has 0 aliphatic carbocycles. The lowest BCUT2D eigenvalue weighted by atomic mass is 10.1. The lowest BCUT2D eigenvalue weighted by Gasteiger charge is -2.34. The van der Waals surface area contributed by atoms with E-state index >= 15 is 0 Å². The first-order valence-corrected chi connectivity index (χ1v) is 7.77. The maximum absolute atomic E-state index is 11.1. The van der Waals surface area contributed by atoms with E-state index in [2.05, 4.69) is 24.1 Å². The highest BCUT2D eigenvalue weighted by Gasteiger charge is 2.24. The average molecular weight is 295 g/mol. The van der Waals surface area contributed by atoms with Gasteiger partial charge in [0, 0.05) is 43.2 Å². The van der Waals surface area contributed by atoms with E-state index in [1.807, 2.05) is 17.8 Å². The minimum atomic E-state index is -0.327. The van der Waals surface area contributed by atoms with E-state index in [1.165, 1.54) is 0 Å². The van der Waals surface area contributed by atoms with Gasteiger partial charge < -0.3 is 5.32 Å². The fourth-order valence-electron chi connectivity index (χ4n) is 2.81. The number of benzene rings is 1. The summed E-state index contributed by atoms with van der Waals surface area (Å²) in [5.74, 6) is 0. The van der Waals surface area contributed by atoms with E-state index in [0.29, 0.717) is 16.2 Å². The van der Waals surface area contributed by atoms with Gasteiger partial charge in [0.15, 0.2) is 0 Å². The van der Waals surface area contributed by atoms with Gasteiger partial charge in [-0.3, -0.25) is 15.0 Å². The molecule has 2 unspecified atom stereocenters. The van der Waals surface area contributed by atoms with Crippen LogP contribution in [0.2, 0.25) is 0 Å². The van der Waals surface area contributed by atoms with Crippen LogP contribution in [0, 0.1) is 10.1 Å². The van der Waals surface area contributed by atoms with Gasteiger partial charge in [-0.05, 0) is 5.56 Å². The Morgan fingerprint density at radius 1 is 1.40 bits per heavy atom. The van der Waals surface area contributed by atoms with Crippen LogP contribution in [-0.2, 0) is 6.54 Å². The van der Waals surface area contributed by atoms with Crippen molar-refractivity contribution in [3.05, 3.63) is 33.9 Å². The first-order chi connectivity index (χ1) is 9.51. The molecule has 0 radical (unpaired) electrons. The van der Waals surface area contributed by atoms with Crippen molar-refractivity contribution in [2.75, 3.05) is 25.5 Å². The Kier molecular flexibility index (Phi) is 4.88. The highest BCUT2D eigenvalue weighted by molar-refractivity contribution is 8.00. The Bertz CT molecular complexity index is 485. The number of thioether (sulfide) groups is 1. The van der Waals surface area contributed by atoms with Crippen LogP contribution in [0.25, 0.3) is 0 Å². The molecule has 1 aromatic rings. The zero-order chi connectivity index (χ0) is 14.7. The number of rotatable bonds is 4. The van der Waals surface area contributed by atoms with Crippen molar-refractivity contribution in [2.24, 2.45) is 0 Å². The van der Waals surface area contributed by atoms with Gasteiger partial charge in [0.25, 0.3) is 5.69 Å². The smallest absolute Gasteiger partial charge is 0.292 e. The van der Waals surface area contributed by atoms with Crippen LogP contribution in [-0.4, -0.2) is 40.5 Å². The first kappa shape index (κ1) is 15.1. The fraction of sp³-hybridized carbons (Fsp3) is 0.571. The summed E-state index contributed by atoms with van der Waals surface area (Å²) in [5, 5.41) is 15.3. The molecule has 0 amide bonds. The average Bonchev–Trinajstić information content (AvgIpc) is 2.37. The zero-order valence-electron chi connectivity index (χ0n) is 12.1. The molecular formula is C14H21N3O2S. The summed E-state index contributed by atoms with van der Waals surface area (Å²) in [4.78, 5) is 13.1. The van der Waals surface area contributed by atoms with Crippen molar-refractivity contribution < 1.29 is 4.92 Å². The van der Waals surface area contributed by atoms with Gasteiger partial charge in [0.05, 0.1) is 4.92 Å². The summed E-state index contributed by atoms with van der Waals surface area (Å²) in [6.45, 7) is 7.29. The summed E-state index contributed by atoms with van der Waals surface area (Å²) in [5.41, 5.74) is 1.78. The van der Waals surface area contributed by atoms with Crippen molar-refractivity contribution in [1.29, 1.82) is 0 Å². The highest BCUT2D eigenvalue weighted by Crippen LogP contribution is 2.31. The SMILES string of the molecule is CNc1c(CN2CC(C)SC(C)C2)cccc1[N+](=O)[O-]. The van der Waals surface area contributed by atoms with Crippen LogP contribution in [0.5, 0.6) is 0 Å². The summed E-state index contributed by atoms with van der Waals surface area (Å²) >= 11 is 2.01. The molecule has 0 spiro atoms. The molecule has 1 saturated heterocycles. The largest absolute Gasteiger partial charge is 0.382 e. The maximum atomic E-state index is 11.1. The number of para-hydroxylation sites is 1. The third-order valence-corrected chi connectivity index (χ3v) is 4.69. The lowest BCUT2D eigenvalue weighted by molar-refractivity contribution is -0.384. The van der Waals surface area contributed by atoms with Crippen LogP contribution < -0.4 is 5.32 Å². The Morgan fingerprint density at radius 2 is 2.05 bits per heavy atom. The van der Waals surface area contributed by atoms with Gasteiger partial charge in [0.1, 0.15) is 5.69 Å². The monoisotopic (exact) mass is 295 g/mol. The zero-order valence-corrected chi connectivity index (χ0v) is 12.9. The number of nitrogens with one attached hydrogen (secondary N) is 1. The van der Waals surface area contributed by atoms with E-state index in [4.69, 9.17) is 0 Å². The van der Waals surface area contributed by atoms with Crippen LogP contribution in [0.1, 0.15) is 19.4 Å². The lowest BCUT2D eigenvalue weighted by Crippen LogP contribution is -2.39. The molecule has 0 aromatic heterocycles. The molecule has 0 saturated carbocycles. The van der Waals surface area contributed by atoms with E-state index in [9.17, 15) is 10.1 Å². The molecule has 110 valence electrons. The van der Waals surface area contributed by atoms with Gasteiger partial charge in [-0.1, -0.05) is 26.0 Å². The minimum absolute atomic E-state index is 0.150. The number of nitro groups is 1. The molecule has 0 bridgehead atoms. The summed E-state index contributed by atoms with van der Waals surface area (Å²) < 4.78 is 0. The number of hydrogen-bond donors (Lipinski definition) is 1. The molecule has 1 heterocycles. The normalized spacial score (nSPS) is 23.6. The molecule has 6 heteroatoms. The highest BCUT2D eigenvalue weighted by atomic mass is 32.2. The van der Waals surface area contributed by atoms with Gasteiger partial charge in [0.2, 0.25) is 0 Å². The Morgan fingerprint density at radius 3 is 2.60 bits per heavy atom. The van der Waals surface area contributed by atoms with Crippen LogP contribution >= 0.6 is 11.8 Å². The van der Waals surface area contributed by atoms with E-state index < -0.39 is 0 Å². The number of hydrogen-bond acceptors (Lipinski definition) is 5. The summed E-state index contributed by atoms with van der Waals surface area (Å²) in [7, 11) is 1.74. The van der Waals surface area contributed by atoms with Crippen molar-refractivity contribution in [3.63, 3.8) is 0 Å². The standard InChI is InChI=1S/C14H21N3O2S/c1-10-7-16(8-11(2)20-10)9-12-5-4-6-13(17(18)19)14(12)15-3/h4-6,10-11,15H,7-9H2,1-3H3. The molecule has 5 nitrogen and oxygen atoms in total. The van der Waals surface area contributed by atoms with Gasteiger partial charge in [-0.15, -0.1) is 0 Å². The quantitative estimate of drug-likeness (QED) is 0.683. The molecular weight excluding hydrogens is 274 g/mol.